The molecule has 0 N–H and O–H groups in total. The van der Waals surface area contributed by atoms with Gasteiger partial charge in [0.05, 0.1) is 24.6 Å². The summed E-state index contributed by atoms with van der Waals surface area (Å²) in [5.74, 6) is -0.710. The van der Waals surface area contributed by atoms with Crippen molar-refractivity contribution in [2.24, 2.45) is 0 Å². The third-order valence-electron chi connectivity index (χ3n) is 2.25. The lowest BCUT2D eigenvalue weighted by molar-refractivity contribution is 0.0598. The van der Waals surface area contributed by atoms with Crippen LogP contribution >= 0.6 is 0 Å². The first-order chi connectivity index (χ1) is 6.72. The number of ether oxygens (including phenoxy) is 1. The SMILES string of the molecule is COC(=O)c1cc(F)cnc1C1CC1. The van der Waals surface area contributed by atoms with Gasteiger partial charge in [0.2, 0.25) is 0 Å². The molecule has 14 heavy (non-hydrogen) atoms. The summed E-state index contributed by atoms with van der Waals surface area (Å²) < 4.78 is 17.4. The molecule has 1 aromatic rings. The number of halogens is 1. The van der Waals surface area contributed by atoms with Crippen molar-refractivity contribution in [2.45, 2.75) is 18.8 Å². The normalized spacial score (nSPS) is 15.3. The molecular formula is C10H10FNO2. The zero-order chi connectivity index (χ0) is 10.1. The Morgan fingerprint density at radius 2 is 2.36 bits per heavy atom. The topological polar surface area (TPSA) is 39.2 Å². The standard InChI is InChI=1S/C10H10FNO2/c1-14-10(13)8-4-7(11)5-12-9(8)6-2-3-6/h4-6H,2-3H2,1H3. The van der Waals surface area contributed by atoms with Crippen LogP contribution in [0, 0.1) is 5.82 Å². The molecule has 74 valence electrons. The van der Waals surface area contributed by atoms with Gasteiger partial charge in [-0.15, -0.1) is 0 Å². The molecule has 0 aromatic carbocycles. The molecule has 0 radical (unpaired) electrons. The summed E-state index contributed by atoms with van der Waals surface area (Å²) >= 11 is 0. The summed E-state index contributed by atoms with van der Waals surface area (Å²) in [5.41, 5.74) is 0.924. The first kappa shape index (κ1) is 9.12. The Kier molecular flexibility index (Phi) is 2.19. The summed E-state index contributed by atoms with van der Waals surface area (Å²) in [4.78, 5) is 15.2. The summed E-state index contributed by atoms with van der Waals surface area (Å²) in [6, 6.07) is 1.19. The van der Waals surface area contributed by atoms with Crippen LogP contribution in [0.15, 0.2) is 12.3 Å². The van der Waals surface area contributed by atoms with E-state index in [9.17, 15) is 9.18 Å². The fourth-order valence-corrected chi connectivity index (χ4v) is 1.41. The van der Waals surface area contributed by atoms with Crippen LogP contribution in [0.3, 0.4) is 0 Å². The predicted molar refractivity (Wildman–Crippen MR) is 47.5 cm³/mol. The minimum Gasteiger partial charge on any atom is -0.465 e. The Balaban J connectivity index is 2.42. The van der Waals surface area contributed by atoms with E-state index in [0.29, 0.717) is 11.6 Å². The summed E-state index contributed by atoms with van der Waals surface area (Å²) in [5, 5.41) is 0. The van der Waals surface area contributed by atoms with Gasteiger partial charge in [-0.2, -0.15) is 0 Å². The number of hydrogen-bond donors (Lipinski definition) is 0. The molecule has 0 aliphatic heterocycles. The van der Waals surface area contributed by atoms with Gasteiger partial charge in [0.15, 0.2) is 0 Å². The second kappa shape index (κ2) is 3.36. The number of carbonyl (C=O) groups excluding carboxylic acids is 1. The number of pyridine rings is 1. The van der Waals surface area contributed by atoms with Crippen LogP contribution < -0.4 is 0 Å². The van der Waals surface area contributed by atoms with E-state index in [1.54, 1.807) is 0 Å². The maximum absolute atomic E-state index is 12.9. The van der Waals surface area contributed by atoms with Crippen LogP contribution in [0.1, 0.15) is 34.8 Å². The van der Waals surface area contributed by atoms with E-state index in [1.807, 2.05) is 0 Å². The molecule has 4 heteroatoms. The highest BCUT2D eigenvalue weighted by Gasteiger charge is 2.30. The van der Waals surface area contributed by atoms with E-state index in [1.165, 1.54) is 13.2 Å². The fraction of sp³-hybridized carbons (Fsp3) is 0.400. The number of nitrogens with zero attached hydrogens (tertiary/aromatic N) is 1. The van der Waals surface area contributed by atoms with E-state index >= 15 is 0 Å². The predicted octanol–water partition coefficient (Wildman–Crippen LogP) is 1.88. The van der Waals surface area contributed by atoms with E-state index in [2.05, 4.69) is 9.72 Å². The highest BCUT2D eigenvalue weighted by atomic mass is 19.1. The maximum atomic E-state index is 12.9. The Labute approximate surface area is 80.9 Å². The largest absolute Gasteiger partial charge is 0.465 e. The molecule has 0 unspecified atom stereocenters. The Hall–Kier alpha value is -1.45. The highest BCUT2D eigenvalue weighted by molar-refractivity contribution is 5.90. The van der Waals surface area contributed by atoms with Gasteiger partial charge in [-0.05, 0) is 18.9 Å². The van der Waals surface area contributed by atoms with Gasteiger partial charge in [0.1, 0.15) is 5.82 Å². The Morgan fingerprint density at radius 1 is 1.64 bits per heavy atom. The molecule has 0 amide bonds. The van der Waals surface area contributed by atoms with Gasteiger partial charge >= 0.3 is 5.97 Å². The van der Waals surface area contributed by atoms with Crippen LogP contribution in [-0.4, -0.2) is 18.1 Å². The lowest BCUT2D eigenvalue weighted by Gasteiger charge is -2.04. The summed E-state index contributed by atoms with van der Waals surface area (Å²) in [6.07, 6.45) is 3.17. The number of hydrogen-bond acceptors (Lipinski definition) is 3. The molecule has 3 nitrogen and oxygen atoms in total. The molecule has 1 saturated carbocycles. The van der Waals surface area contributed by atoms with Crippen LogP contribution in [0.5, 0.6) is 0 Å². The van der Waals surface area contributed by atoms with Crippen molar-refractivity contribution < 1.29 is 13.9 Å². The lowest BCUT2D eigenvalue weighted by Crippen LogP contribution is -2.07. The van der Waals surface area contributed by atoms with E-state index in [-0.39, 0.29) is 5.56 Å². The first-order valence-corrected chi connectivity index (χ1v) is 4.46. The molecule has 1 aliphatic carbocycles. The lowest BCUT2D eigenvalue weighted by atomic mass is 10.1. The van der Waals surface area contributed by atoms with Crippen molar-refractivity contribution in [3.05, 3.63) is 29.3 Å². The fourth-order valence-electron chi connectivity index (χ4n) is 1.41. The van der Waals surface area contributed by atoms with E-state index in [4.69, 9.17) is 0 Å². The van der Waals surface area contributed by atoms with Crippen molar-refractivity contribution in [2.75, 3.05) is 7.11 Å². The smallest absolute Gasteiger partial charge is 0.339 e. The molecule has 0 atom stereocenters. The second-order valence-electron chi connectivity index (χ2n) is 3.35. The van der Waals surface area contributed by atoms with Crippen molar-refractivity contribution in [1.29, 1.82) is 0 Å². The molecule has 1 aliphatic rings. The quantitative estimate of drug-likeness (QED) is 0.676. The van der Waals surface area contributed by atoms with Crippen LogP contribution in [0.2, 0.25) is 0 Å². The number of esters is 1. The zero-order valence-electron chi connectivity index (χ0n) is 7.79. The van der Waals surface area contributed by atoms with Crippen molar-refractivity contribution >= 4 is 5.97 Å². The molecule has 0 bridgehead atoms. The number of methoxy groups -OCH3 is 1. The second-order valence-corrected chi connectivity index (χ2v) is 3.35. The van der Waals surface area contributed by atoms with Crippen molar-refractivity contribution in [3.8, 4) is 0 Å². The number of aromatic nitrogens is 1. The first-order valence-electron chi connectivity index (χ1n) is 4.46. The van der Waals surface area contributed by atoms with Crippen LogP contribution in [0.4, 0.5) is 4.39 Å². The Morgan fingerprint density at radius 3 is 2.93 bits per heavy atom. The minimum absolute atomic E-state index is 0.259. The van der Waals surface area contributed by atoms with E-state index < -0.39 is 11.8 Å². The minimum atomic E-state index is -0.515. The third kappa shape index (κ3) is 1.60. The molecular weight excluding hydrogens is 185 g/mol. The average molecular weight is 195 g/mol. The van der Waals surface area contributed by atoms with Gasteiger partial charge in [-0.25, -0.2) is 9.18 Å². The molecule has 1 heterocycles. The molecule has 2 rings (SSSR count). The van der Waals surface area contributed by atoms with Gasteiger partial charge in [0, 0.05) is 5.92 Å². The molecule has 1 fully saturated rings. The van der Waals surface area contributed by atoms with Crippen molar-refractivity contribution in [1.82, 2.24) is 4.98 Å². The number of carbonyl (C=O) groups is 1. The van der Waals surface area contributed by atoms with Gasteiger partial charge in [-0.1, -0.05) is 0 Å². The summed E-state index contributed by atoms with van der Waals surface area (Å²) in [7, 11) is 1.28. The molecule has 0 saturated heterocycles. The maximum Gasteiger partial charge on any atom is 0.339 e. The number of rotatable bonds is 2. The van der Waals surface area contributed by atoms with Crippen LogP contribution in [-0.2, 0) is 4.74 Å². The average Bonchev–Trinajstić information content (AvgIpc) is 3.00. The third-order valence-corrected chi connectivity index (χ3v) is 2.25. The monoisotopic (exact) mass is 195 g/mol. The summed E-state index contributed by atoms with van der Waals surface area (Å²) in [6.45, 7) is 0. The van der Waals surface area contributed by atoms with Gasteiger partial charge in [0.25, 0.3) is 0 Å². The Bertz CT molecular complexity index is 374. The van der Waals surface area contributed by atoms with E-state index in [0.717, 1.165) is 19.0 Å². The van der Waals surface area contributed by atoms with Crippen LogP contribution in [0.25, 0.3) is 0 Å². The van der Waals surface area contributed by atoms with Crippen molar-refractivity contribution in [3.63, 3.8) is 0 Å². The molecule has 1 aromatic heterocycles. The highest BCUT2D eigenvalue weighted by Crippen LogP contribution is 2.40. The zero-order valence-corrected chi connectivity index (χ0v) is 7.79. The van der Waals surface area contributed by atoms with Gasteiger partial charge < -0.3 is 4.74 Å². The molecule has 0 spiro atoms. The van der Waals surface area contributed by atoms with Gasteiger partial charge in [-0.3, -0.25) is 4.98 Å².